The molecule has 2 heterocycles. The molecular weight excluding hydrogens is 381 g/mol. The molecule has 1 aromatic carbocycles. The van der Waals surface area contributed by atoms with Crippen LogP contribution in [0.5, 0.6) is 0 Å². The minimum Gasteiger partial charge on any atom is -0.265 e. The average Bonchev–Trinajstić information content (AvgIpc) is 2.80. The zero-order valence-corrected chi connectivity index (χ0v) is 12.8. The predicted octanol–water partition coefficient (Wildman–Crippen LogP) is 4.60. The second kappa shape index (κ2) is 5.07. The molecule has 0 aliphatic rings. The number of hydrogen-bond donors (Lipinski definition) is 0. The van der Waals surface area contributed by atoms with Gasteiger partial charge in [0, 0.05) is 42.1 Å². The molecule has 3 rings (SSSR count). The first-order valence-corrected chi connectivity index (χ1v) is 8.86. The molecule has 6 heteroatoms. The monoisotopic (exact) mass is 387 g/mol. The highest BCUT2D eigenvalue weighted by atomic mass is 127. The molecular formula is C12H7ClIN3S. The van der Waals surface area contributed by atoms with E-state index < -0.39 is 0 Å². The first-order chi connectivity index (χ1) is 8.81. The molecule has 3 nitrogen and oxygen atoms in total. The van der Waals surface area contributed by atoms with E-state index in [1.807, 2.05) is 28.4 Å². The SMILES string of the molecule is Clc1ncnc2c1c(-c1ccccc1)cn2SI. The zero-order valence-electron chi connectivity index (χ0n) is 9.05. The van der Waals surface area contributed by atoms with E-state index in [0.717, 1.165) is 22.2 Å². The summed E-state index contributed by atoms with van der Waals surface area (Å²) >= 11 is 8.43. The molecule has 0 atom stereocenters. The fourth-order valence-electron chi connectivity index (χ4n) is 1.89. The maximum absolute atomic E-state index is 6.21. The molecule has 0 bridgehead atoms. The molecule has 2 aromatic heterocycles. The van der Waals surface area contributed by atoms with Crippen molar-refractivity contribution in [3.8, 4) is 11.1 Å². The van der Waals surface area contributed by atoms with E-state index in [1.54, 1.807) is 9.12 Å². The van der Waals surface area contributed by atoms with Gasteiger partial charge in [0.1, 0.15) is 11.5 Å². The summed E-state index contributed by atoms with van der Waals surface area (Å²) in [6, 6.07) is 10.1. The van der Waals surface area contributed by atoms with Gasteiger partial charge in [-0.05, 0) is 5.56 Å². The van der Waals surface area contributed by atoms with Crippen molar-refractivity contribution in [1.82, 2.24) is 13.9 Å². The van der Waals surface area contributed by atoms with E-state index in [4.69, 9.17) is 11.6 Å². The van der Waals surface area contributed by atoms with Crippen molar-refractivity contribution in [2.45, 2.75) is 0 Å². The molecule has 0 spiro atoms. The summed E-state index contributed by atoms with van der Waals surface area (Å²) in [4.78, 5) is 8.37. The van der Waals surface area contributed by atoms with Crippen LogP contribution in [0, 0.1) is 0 Å². The van der Waals surface area contributed by atoms with Crippen molar-refractivity contribution in [2.75, 3.05) is 0 Å². The van der Waals surface area contributed by atoms with Gasteiger partial charge in [-0.2, -0.15) is 0 Å². The van der Waals surface area contributed by atoms with Crippen LogP contribution < -0.4 is 0 Å². The van der Waals surface area contributed by atoms with Crippen molar-refractivity contribution < 1.29 is 0 Å². The van der Waals surface area contributed by atoms with Gasteiger partial charge >= 0.3 is 0 Å². The van der Waals surface area contributed by atoms with Gasteiger partial charge in [0.15, 0.2) is 5.65 Å². The van der Waals surface area contributed by atoms with E-state index in [2.05, 4.69) is 43.3 Å². The standard InChI is InChI=1S/C12H7ClIN3S/c13-11-10-9(8-4-2-1-3-5-8)6-17(18-14)12(10)16-7-15-11/h1-7H. The Labute approximate surface area is 125 Å². The molecule has 0 amide bonds. The Kier molecular flexibility index (Phi) is 3.45. The first-order valence-electron chi connectivity index (χ1n) is 5.17. The van der Waals surface area contributed by atoms with Crippen molar-refractivity contribution in [1.29, 1.82) is 0 Å². The zero-order chi connectivity index (χ0) is 12.5. The Morgan fingerprint density at radius 2 is 1.94 bits per heavy atom. The summed E-state index contributed by atoms with van der Waals surface area (Å²) in [5.41, 5.74) is 3.01. The number of rotatable bonds is 2. The third-order valence-electron chi connectivity index (χ3n) is 2.66. The van der Waals surface area contributed by atoms with Gasteiger partial charge in [0.25, 0.3) is 0 Å². The summed E-state index contributed by atoms with van der Waals surface area (Å²) in [5, 5.41) is 1.39. The van der Waals surface area contributed by atoms with Crippen LogP contribution >= 0.6 is 41.9 Å². The number of nitrogens with zero attached hydrogens (tertiary/aromatic N) is 3. The lowest BCUT2D eigenvalue weighted by Crippen LogP contribution is -1.85. The second-order valence-corrected chi connectivity index (χ2v) is 5.74. The van der Waals surface area contributed by atoms with Crippen LogP contribution in [0.15, 0.2) is 42.9 Å². The molecule has 0 aliphatic heterocycles. The van der Waals surface area contributed by atoms with E-state index in [-0.39, 0.29) is 0 Å². The lowest BCUT2D eigenvalue weighted by Gasteiger charge is -1.99. The van der Waals surface area contributed by atoms with Crippen molar-refractivity contribution in [3.05, 3.63) is 48.0 Å². The van der Waals surface area contributed by atoms with Gasteiger partial charge in [-0.1, -0.05) is 41.9 Å². The summed E-state index contributed by atoms with van der Waals surface area (Å²) in [5.74, 6) is 0. The van der Waals surface area contributed by atoms with E-state index >= 15 is 0 Å². The molecule has 0 aliphatic carbocycles. The van der Waals surface area contributed by atoms with Crippen LogP contribution in [-0.4, -0.2) is 13.9 Å². The Morgan fingerprint density at radius 3 is 2.67 bits per heavy atom. The molecule has 0 unspecified atom stereocenters. The topological polar surface area (TPSA) is 30.7 Å². The normalized spacial score (nSPS) is 11.0. The van der Waals surface area contributed by atoms with Crippen LogP contribution in [-0.2, 0) is 0 Å². The van der Waals surface area contributed by atoms with Crippen LogP contribution in [0.4, 0.5) is 0 Å². The molecule has 18 heavy (non-hydrogen) atoms. The summed E-state index contributed by atoms with van der Waals surface area (Å²) < 4.78 is 1.99. The predicted molar refractivity (Wildman–Crippen MR) is 85.0 cm³/mol. The highest BCUT2D eigenvalue weighted by Crippen LogP contribution is 2.36. The van der Waals surface area contributed by atoms with E-state index in [1.165, 1.54) is 6.33 Å². The van der Waals surface area contributed by atoms with E-state index in [0.29, 0.717) is 5.15 Å². The van der Waals surface area contributed by atoms with Gasteiger partial charge in [-0.15, -0.1) is 0 Å². The van der Waals surface area contributed by atoms with Crippen molar-refractivity contribution >= 4 is 53.0 Å². The quantitative estimate of drug-likeness (QED) is 0.476. The number of aromatic nitrogens is 3. The fourth-order valence-corrected chi connectivity index (χ4v) is 3.37. The highest BCUT2D eigenvalue weighted by Gasteiger charge is 2.14. The number of halogens is 2. The fraction of sp³-hybridized carbons (Fsp3) is 0. The average molecular weight is 388 g/mol. The second-order valence-electron chi connectivity index (χ2n) is 3.67. The Hall–Kier alpha value is -0.790. The minimum atomic E-state index is 0.489. The Bertz CT molecular complexity index is 699. The molecule has 0 saturated heterocycles. The smallest absolute Gasteiger partial charge is 0.156 e. The summed E-state index contributed by atoms with van der Waals surface area (Å²) in [7, 11) is 1.56. The Balaban J connectivity index is 2.36. The molecule has 0 saturated carbocycles. The Morgan fingerprint density at radius 1 is 1.17 bits per heavy atom. The highest BCUT2D eigenvalue weighted by molar-refractivity contribution is 14.2. The van der Waals surface area contributed by atoms with Gasteiger partial charge in [-0.3, -0.25) is 3.97 Å². The van der Waals surface area contributed by atoms with Gasteiger partial charge < -0.3 is 0 Å². The van der Waals surface area contributed by atoms with E-state index in [9.17, 15) is 0 Å². The number of benzene rings is 1. The van der Waals surface area contributed by atoms with Gasteiger partial charge in [0.2, 0.25) is 0 Å². The molecule has 0 N–H and O–H groups in total. The molecule has 0 radical (unpaired) electrons. The maximum Gasteiger partial charge on any atom is 0.156 e. The maximum atomic E-state index is 6.21. The summed E-state index contributed by atoms with van der Waals surface area (Å²) in [6.07, 6.45) is 3.53. The minimum absolute atomic E-state index is 0.489. The molecule has 0 fully saturated rings. The molecule has 90 valence electrons. The lowest BCUT2D eigenvalue weighted by molar-refractivity contribution is 1.18. The van der Waals surface area contributed by atoms with Crippen molar-refractivity contribution in [3.63, 3.8) is 0 Å². The van der Waals surface area contributed by atoms with Crippen LogP contribution in [0.25, 0.3) is 22.2 Å². The van der Waals surface area contributed by atoms with Gasteiger partial charge in [-0.25, -0.2) is 9.97 Å². The van der Waals surface area contributed by atoms with Crippen LogP contribution in [0.1, 0.15) is 0 Å². The molecule has 3 aromatic rings. The largest absolute Gasteiger partial charge is 0.265 e. The lowest BCUT2D eigenvalue weighted by atomic mass is 10.1. The summed E-state index contributed by atoms with van der Waals surface area (Å²) in [6.45, 7) is 0. The van der Waals surface area contributed by atoms with Crippen molar-refractivity contribution in [2.24, 2.45) is 0 Å². The van der Waals surface area contributed by atoms with Gasteiger partial charge in [0.05, 0.1) is 5.39 Å². The third-order valence-corrected chi connectivity index (χ3v) is 4.65. The number of fused-ring (bicyclic) bond motifs is 1. The first kappa shape index (κ1) is 12.3. The van der Waals surface area contributed by atoms with Crippen LogP contribution in [0.2, 0.25) is 5.15 Å². The number of hydrogen-bond acceptors (Lipinski definition) is 3. The third kappa shape index (κ3) is 2.00. The van der Waals surface area contributed by atoms with Crippen LogP contribution in [0.3, 0.4) is 0 Å².